The Hall–Kier alpha value is -1.75. The predicted octanol–water partition coefficient (Wildman–Crippen LogP) is 2.04. The second-order valence-electron chi connectivity index (χ2n) is 3.28. The molecule has 100 valence electrons. The van der Waals surface area contributed by atoms with Crippen molar-refractivity contribution in [1.82, 2.24) is 0 Å². The Morgan fingerprint density at radius 2 is 1.39 bits per heavy atom. The molecule has 0 saturated heterocycles. The number of ether oxygens (including phenoxy) is 2. The fourth-order valence-corrected chi connectivity index (χ4v) is 1.32. The van der Waals surface area contributed by atoms with Gasteiger partial charge >= 0.3 is 11.9 Å². The van der Waals surface area contributed by atoms with Crippen LogP contribution in [0.15, 0.2) is 18.2 Å². The van der Waals surface area contributed by atoms with Crippen molar-refractivity contribution in [2.75, 3.05) is 18.9 Å². The number of anilines is 1. The molecular formula is C12H16ClNO4. The zero-order valence-electron chi connectivity index (χ0n) is 10.3. The summed E-state index contributed by atoms with van der Waals surface area (Å²) in [7, 11) is 0. The molecule has 2 N–H and O–H groups in total. The third-order valence-electron chi connectivity index (χ3n) is 1.98. The van der Waals surface area contributed by atoms with Crippen LogP contribution in [0.3, 0.4) is 0 Å². The van der Waals surface area contributed by atoms with Crippen LogP contribution in [-0.4, -0.2) is 25.2 Å². The maximum atomic E-state index is 11.5. The fraction of sp³-hybridized carbons (Fsp3) is 0.333. The van der Waals surface area contributed by atoms with E-state index < -0.39 is 11.9 Å². The summed E-state index contributed by atoms with van der Waals surface area (Å²) in [6, 6.07) is 4.33. The molecular weight excluding hydrogens is 258 g/mol. The Morgan fingerprint density at radius 3 is 1.72 bits per heavy atom. The molecule has 0 bridgehead atoms. The average molecular weight is 274 g/mol. The zero-order valence-corrected chi connectivity index (χ0v) is 11.1. The van der Waals surface area contributed by atoms with Gasteiger partial charge in [-0.2, -0.15) is 0 Å². The van der Waals surface area contributed by atoms with E-state index in [1.807, 2.05) is 0 Å². The molecule has 0 radical (unpaired) electrons. The number of halogens is 1. The summed E-state index contributed by atoms with van der Waals surface area (Å²) >= 11 is 0. The lowest BCUT2D eigenvalue weighted by molar-refractivity contribution is 0.0525. The van der Waals surface area contributed by atoms with E-state index >= 15 is 0 Å². The third kappa shape index (κ3) is 4.25. The van der Waals surface area contributed by atoms with Gasteiger partial charge in [-0.15, -0.1) is 12.4 Å². The highest BCUT2D eigenvalue weighted by Crippen LogP contribution is 2.14. The Kier molecular flexibility index (Phi) is 6.82. The second-order valence-corrected chi connectivity index (χ2v) is 3.28. The number of carbonyl (C=O) groups is 2. The summed E-state index contributed by atoms with van der Waals surface area (Å²) in [5, 5.41) is 0. The van der Waals surface area contributed by atoms with Gasteiger partial charge in [0.15, 0.2) is 0 Å². The molecule has 0 heterocycles. The number of carbonyl (C=O) groups excluding carboxylic acids is 2. The highest BCUT2D eigenvalue weighted by atomic mass is 35.5. The van der Waals surface area contributed by atoms with Crippen LogP contribution < -0.4 is 5.73 Å². The molecule has 6 heteroatoms. The van der Waals surface area contributed by atoms with Crippen molar-refractivity contribution in [1.29, 1.82) is 0 Å². The number of hydrogen-bond donors (Lipinski definition) is 1. The fourth-order valence-electron chi connectivity index (χ4n) is 1.32. The first-order valence-electron chi connectivity index (χ1n) is 5.33. The number of rotatable bonds is 4. The maximum absolute atomic E-state index is 11.5. The van der Waals surface area contributed by atoms with E-state index in [0.717, 1.165) is 0 Å². The van der Waals surface area contributed by atoms with Crippen molar-refractivity contribution < 1.29 is 19.1 Å². The lowest BCUT2D eigenvalue weighted by Crippen LogP contribution is -2.10. The van der Waals surface area contributed by atoms with Crippen molar-refractivity contribution in [2.45, 2.75) is 13.8 Å². The molecule has 0 amide bonds. The minimum atomic E-state index is -0.509. The molecule has 0 aliphatic carbocycles. The van der Waals surface area contributed by atoms with Crippen LogP contribution in [0, 0.1) is 0 Å². The Morgan fingerprint density at radius 1 is 1.00 bits per heavy atom. The minimum Gasteiger partial charge on any atom is -0.462 e. The van der Waals surface area contributed by atoms with Gasteiger partial charge in [0.25, 0.3) is 0 Å². The number of esters is 2. The second kappa shape index (κ2) is 7.55. The van der Waals surface area contributed by atoms with Gasteiger partial charge in [0.1, 0.15) is 0 Å². The van der Waals surface area contributed by atoms with Crippen LogP contribution in [0.1, 0.15) is 34.6 Å². The summed E-state index contributed by atoms with van der Waals surface area (Å²) < 4.78 is 9.66. The van der Waals surface area contributed by atoms with E-state index in [4.69, 9.17) is 15.2 Å². The van der Waals surface area contributed by atoms with Crippen LogP contribution in [0.25, 0.3) is 0 Å². The number of benzene rings is 1. The van der Waals surface area contributed by atoms with E-state index in [2.05, 4.69) is 0 Å². The number of nitrogens with two attached hydrogens (primary N) is 1. The summed E-state index contributed by atoms with van der Waals surface area (Å²) in [6.45, 7) is 3.94. The lowest BCUT2D eigenvalue weighted by atomic mass is 10.1. The third-order valence-corrected chi connectivity index (χ3v) is 1.98. The van der Waals surface area contributed by atoms with E-state index in [1.54, 1.807) is 13.8 Å². The van der Waals surface area contributed by atoms with E-state index in [9.17, 15) is 9.59 Å². The van der Waals surface area contributed by atoms with Crippen LogP contribution in [0.2, 0.25) is 0 Å². The summed E-state index contributed by atoms with van der Waals surface area (Å²) in [6.07, 6.45) is 0. The number of nitrogen functional groups attached to an aromatic ring is 1. The molecule has 0 saturated carbocycles. The molecule has 0 atom stereocenters. The van der Waals surface area contributed by atoms with Gasteiger partial charge < -0.3 is 15.2 Å². The molecule has 0 aromatic heterocycles. The monoisotopic (exact) mass is 273 g/mol. The molecule has 0 spiro atoms. The van der Waals surface area contributed by atoms with Gasteiger partial charge in [-0.05, 0) is 32.0 Å². The molecule has 1 aromatic carbocycles. The maximum Gasteiger partial charge on any atom is 0.338 e. The van der Waals surface area contributed by atoms with Crippen molar-refractivity contribution in [3.63, 3.8) is 0 Å². The number of hydrogen-bond acceptors (Lipinski definition) is 5. The molecule has 5 nitrogen and oxygen atoms in total. The minimum absolute atomic E-state index is 0. The van der Waals surface area contributed by atoms with Gasteiger partial charge in [-0.1, -0.05) is 0 Å². The molecule has 0 unspecified atom stereocenters. The average Bonchev–Trinajstić information content (AvgIpc) is 2.29. The predicted molar refractivity (Wildman–Crippen MR) is 70.0 cm³/mol. The van der Waals surface area contributed by atoms with Crippen molar-refractivity contribution >= 4 is 30.0 Å². The summed E-state index contributed by atoms with van der Waals surface area (Å²) in [4.78, 5) is 23.0. The first kappa shape index (κ1) is 16.2. The summed E-state index contributed by atoms with van der Waals surface area (Å²) in [5.41, 5.74) is 6.42. The molecule has 0 aliphatic heterocycles. The van der Waals surface area contributed by atoms with Crippen molar-refractivity contribution in [2.24, 2.45) is 0 Å². The Bertz CT molecular complexity index is 398. The van der Waals surface area contributed by atoms with Crippen LogP contribution >= 0.6 is 12.4 Å². The van der Waals surface area contributed by atoms with Crippen molar-refractivity contribution in [3.8, 4) is 0 Å². The topological polar surface area (TPSA) is 78.6 Å². The lowest BCUT2D eigenvalue weighted by Gasteiger charge is -2.06. The normalized spacial score (nSPS) is 9.22. The quantitative estimate of drug-likeness (QED) is 0.671. The zero-order chi connectivity index (χ0) is 12.8. The van der Waals surface area contributed by atoms with Gasteiger partial charge in [0.05, 0.1) is 24.3 Å². The van der Waals surface area contributed by atoms with Crippen LogP contribution in [0.5, 0.6) is 0 Å². The molecule has 0 aliphatic rings. The van der Waals surface area contributed by atoms with Crippen LogP contribution in [0.4, 0.5) is 5.69 Å². The van der Waals surface area contributed by atoms with Gasteiger partial charge in [-0.3, -0.25) is 0 Å². The Labute approximate surface area is 112 Å². The van der Waals surface area contributed by atoms with Crippen LogP contribution in [-0.2, 0) is 9.47 Å². The first-order valence-corrected chi connectivity index (χ1v) is 5.33. The molecule has 1 aromatic rings. The first-order chi connectivity index (χ1) is 8.08. The van der Waals surface area contributed by atoms with Gasteiger partial charge in [0.2, 0.25) is 0 Å². The largest absolute Gasteiger partial charge is 0.462 e. The van der Waals surface area contributed by atoms with E-state index in [1.165, 1.54) is 18.2 Å². The van der Waals surface area contributed by atoms with Crippen molar-refractivity contribution in [3.05, 3.63) is 29.3 Å². The molecule has 18 heavy (non-hydrogen) atoms. The molecule has 1 rings (SSSR count). The standard InChI is InChI=1S/C12H15NO4.ClH/c1-3-16-11(14)8-5-9(7-10(13)6-8)12(15)17-4-2;/h5-7H,3-4,13H2,1-2H3;1H. The van der Waals surface area contributed by atoms with E-state index in [-0.39, 0.29) is 36.7 Å². The van der Waals surface area contributed by atoms with Gasteiger partial charge in [0, 0.05) is 5.69 Å². The van der Waals surface area contributed by atoms with E-state index in [0.29, 0.717) is 5.69 Å². The molecule has 0 fully saturated rings. The highest BCUT2D eigenvalue weighted by Gasteiger charge is 2.13. The SMILES string of the molecule is CCOC(=O)c1cc(N)cc(C(=O)OCC)c1.Cl. The Balaban J connectivity index is 0.00000289. The highest BCUT2D eigenvalue weighted by molar-refractivity contribution is 5.96. The smallest absolute Gasteiger partial charge is 0.338 e. The van der Waals surface area contributed by atoms with Gasteiger partial charge in [-0.25, -0.2) is 9.59 Å². The summed E-state index contributed by atoms with van der Waals surface area (Å²) in [5.74, 6) is -1.02.